The van der Waals surface area contributed by atoms with Gasteiger partial charge in [0.2, 0.25) is 5.89 Å². The number of amides is 1. The number of ether oxygens (including phenoxy) is 1. The Morgan fingerprint density at radius 2 is 1.94 bits per heavy atom. The molecule has 1 N–H and O–H groups in total. The third-order valence-electron chi connectivity index (χ3n) is 6.68. The molecule has 0 bridgehead atoms. The number of nitrogens with one attached hydrogen (secondary N) is 1. The number of carbonyl (C=O) groups excluding carboxylic acids is 1. The van der Waals surface area contributed by atoms with Gasteiger partial charge in [0.15, 0.2) is 0 Å². The van der Waals surface area contributed by atoms with Crippen LogP contribution in [0.25, 0.3) is 11.5 Å². The van der Waals surface area contributed by atoms with Gasteiger partial charge in [0.25, 0.3) is 0 Å². The molecular formula is C26H37N3O3. The van der Waals surface area contributed by atoms with E-state index >= 15 is 0 Å². The number of oxazole rings is 1. The van der Waals surface area contributed by atoms with Crippen LogP contribution in [0.1, 0.15) is 65.7 Å². The topological polar surface area (TPSA) is 67.6 Å². The second-order valence-electron chi connectivity index (χ2n) is 10.4. The lowest BCUT2D eigenvalue weighted by atomic mass is 9.77. The molecular weight excluding hydrogens is 402 g/mol. The average Bonchev–Trinajstić information content (AvgIpc) is 3.29. The number of nitrogens with zero attached hydrogens (tertiary/aromatic N) is 2. The Morgan fingerprint density at radius 3 is 2.66 bits per heavy atom. The largest absolute Gasteiger partial charge is 0.445 e. The van der Waals surface area contributed by atoms with Gasteiger partial charge in [-0.3, -0.25) is 0 Å². The van der Waals surface area contributed by atoms with Gasteiger partial charge in [0.05, 0.1) is 6.20 Å². The van der Waals surface area contributed by atoms with Crippen molar-refractivity contribution in [1.82, 2.24) is 10.3 Å². The summed E-state index contributed by atoms with van der Waals surface area (Å²) in [6.45, 7) is 7.92. The molecule has 1 unspecified atom stereocenters. The van der Waals surface area contributed by atoms with Crippen molar-refractivity contribution in [2.45, 2.75) is 77.4 Å². The second-order valence-corrected chi connectivity index (χ2v) is 10.4. The molecule has 1 amide bonds. The Morgan fingerprint density at radius 1 is 1.16 bits per heavy atom. The van der Waals surface area contributed by atoms with Gasteiger partial charge in [-0.25, -0.2) is 9.78 Å². The number of benzene rings is 1. The van der Waals surface area contributed by atoms with E-state index in [0.29, 0.717) is 17.7 Å². The first-order chi connectivity index (χ1) is 15.4. The number of aromatic nitrogens is 1. The summed E-state index contributed by atoms with van der Waals surface area (Å²) in [5, 5.41) is 3.19. The van der Waals surface area contributed by atoms with Crippen LogP contribution in [0.3, 0.4) is 0 Å². The summed E-state index contributed by atoms with van der Waals surface area (Å²) in [5.74, 6) is 1.85. The summed E-state index contributed by atoms with van der Waals surface area (Å²) in [6.07, 6.45) is 11.4. The molecule has 3 atom stereocenters. The SMILES string of the molecule is CC(C)(C)OC(=O)N[C@@H]1CCCC[C@H]1CC1CCCN(c2ccc(-c3ncco3)cc2)C1. The molecule has 174 valence electrons. The van der Waals surface area contributed by atoms with Crippen molar-refractivity contribution in [1.29, 1.82) is 0 Å². The minimum Gasteiger partial charge on any atom is -0.445 e. The molecule has 32 heavy (non-hydrogen) atoms. The van der Waals surface area contributed by atoms with Crippen molar-refractivity contribution in [3.05, 3.63) is 36.7 Å². The highest BCUT2D eigenvalue weighted by atomic mass is 16.6. The molecule has 6 nitrogen and oxygen atoms in total. The van der Waals surface area contributed by atoms with Gasteiger partial charge in [-0.1, -0.05) is 12.8 Å². The molecule has 1 saturated heterocycles. The molecule has 0 spiro atoms. The lowest BCUT2D eigenvalue weighted by Crippen LogP contribution is -2.46. The van der Waals surface area contributed by atoms with Crippen LogP contribution in [0.2, 0.25) is 0 Å². The normalized spacial score (nSPS) is 24.2. The highest BCUT2D eigenvalue weighted by molar-refractivity contribution is 5.68. The quantitative estimate of drug-likeness (QED) is 0.616. The molecule has 2 fully saturated rings. The van der Waals surface area contributed by atoms with E-state index in [1.807, 2.05) is 20.8 Å². The fraction of sp³-hybridized carbons (Fsp3) is 0.615. The van der Waals surface area contributed by atoms with E-state index in [9.17, 15) is 4.79 Å². The predicted octanol–water partition coefficient (Wildman–Crippen LogP) is 6.03. The van der Waals surface area contributed by atoms with Crippen molar-refractivity contribution in [2.75, 3.05) is 18.0 Å². The van der Waals surface area contributed by atoms with E-state index in [4.69, 9.17) is 9.15 Å². The standard InChI is InChI=1S/C26H37N3O3/c1-26(2,3)32-25(30)28-23-9-5-4-8-21(23)17-19-7-6-15-29(18-19)22-12-10-20(11-13-22)24-27-14-16-31-24/h10-14,16,19,21,23H,4-9,15,17-18H2,1-3H3,(H,28,30)/t19?,21-,23+/m0/s1. The maximum atomic E-state index is 12.4. The lowest BCUT2D eigenvalue weighted by molar-refractivity contribution is 0.0460. The fourth-order valence-corrected chi connectivity index (χ4v) is 5.24. The van der Waals surface area contributed by atoms with E-state index in [2.05, 4.69) is 39.5 Å². The maximum Gasteiger partial charge on any atom is 0.407 e. The Kier molecular flexibility index (Phi) is 7.07. The summed E-state index contributed by atoms with van der Waals surface area (Å²) < 4.78 is 10.9. The lowest BCUT2D eigenvalue weighted by Gasteiger charge is -2.39. The summed E-state index contributed by atoms with van der Waals surface area (Å²) in [4.78, 5) is 19.1. The molecule has 1 saturated carbocycles. The fourth-order valence-electron chi connectivity index (χ4n) is 5.24. The zero-order valence-electron chi connectivity index (χ0n) is 19.7. The van der Waals surface area contributed by atoms with Crippen molar-refractivity contribution < 1.29 is 13.9 Å². The molecule has 1 aliphatic carbocycles. The van der Waals surface area contributed by atoms with Crippen molar-refractivity contribution in [3.8, 4) is 11.5 Å². The Labute approximate surface area is 191 Å². The first-order valence-electron chi connectivity index (χ1n) is 12.1. The summed E-state index contributed by atoms with van der Waals surface area (Å²) in [6, 6.07) is 8.76. The minimum atomic E-state index is -0.458. The van der Waals surface area contributed by atoms with Crippen LogP contribution >= 0.6 is 0 Å². The number of anilines is 1. The number of hydrogen-bond acceptors (Lipinski definition) is 5. The number of piperidine rings is 1. The predicted molar refractivity (Wildman–Crippen MR) is 127 cm³/mol. The molecule has 6 heteroatoms. The second kappa shape index (κ2) is 9.97. The van der Waals surface area contributed by atoms with E-state index in [1.165, 1.54) is 44.2 Å². The van der Waals surface area contributed by atoms with E-state index in [-0.39, 0.29) is 12.1 Å². The van der Waals surface area contributed by atoms with Crippen LogP contribution in [0.4, 0.5) is 10.5 Å². The van der Waals surface area contributed by atoms with Crippen LogP contribution in [0.5, 0.6) is 0 Å². The Hall–Kier alpha value is -2.50. The van der Waals surface area contributed by atoms with Crippen LogP contribution in [-0.4, -0.2) is 35.8 Å². The van der Waals surface area contributed by atoms with Gasteiger partial charge < -0.3 is 19.4 Å². The van der Waals surface area contributed by atoms with Gasteiger partial charge in [-0.2, -0.15) is 0 Å². The highest BCUT2D eigenvalue weighted by Crippen LogP contribution is 2.34. The van der Waals surface area contributed by atoms with E-state index < -0.39 is 5.60 Å². The monoisotopic (exact) mass is 439 g/mol. The smallest absolute Gasteiger partial charge is 0.407 e. The van der Waals surface area contributed by atoms with Crippen LogP contribution in [-0.2, 0) is 4.74 Å². The van der Waals surface area contributed by atoms with Crippen LogP contribution < -0.4 is 10.2 Å². The molecule has 1 aliphatic heterocycles. The van der Waals surface area contributed by atoms with Gasteiger partial charge in [-0.05, 0) is 89.0 Å². The summed E-state index contributed by atoms with van der Waals surface area (Å²) in [5.41, 5.74) is 1.81. The number of rotatable bonds is 5. The zero-order chi connectivity index (χ0) is 22.6. The average molecular weight is 440 g/mol. The Balaban J connectivity index is 1.34. The molecule has 2 heterocycles. The molecule has 4 rings (SSSR count). The van der Waals surface area contributed by atoms with Crippen LogP contribution in [0.15, 0.2) is 41.1 Å². The van der Waals surface area contributed by atoms with Crippen LogP contribution in [0, 0.1) is 11.8 Å². The van der Waals surface area contributed by atoms with Gasteiger partial charge in [0, 0.05) is 30.4 Å². The minimum absolute atomic E-state index is 0.231. The molecule has 1 aromatic heterocycles. The molecule has 0 radical (unpaired) electrons. The van der Waals surface area contributed by atoms with Gasteiger partial charge >= 0.3 is 6.09 Å². The number of carbonyl (C=O) groups is 1. The van der Waals surface area contributed by atoms with Gasteiger partial charge in [0.1, 0.15) is 11.9 Å². The highest BCUT2D eigenvalue weighted by Gasteiger charge is 2.31. The maximum absolute atomic E-state index is 12.4. The zero-order valence-corrected chi connectivity index (χ0v) is 19.7. The van der Waals surface area contributed by atoms with Crippen molar-refractivity contribution in [2.24, 2.45) is 11.8 Å². The first-order valence-corrected chi connectivity index (χ1v) is 12.1. The molecule has 2 aliphatic rings. The summed E-state index contributed by atoms with van der Waals surface area (Å²) in [7, 11) is 0. The third kappa shape index (κ3) is 6.05. The summed E-state index contributed by atoms with van der Waals surface area (Å²) >= 11 is 0. The Bertz CT molecular complexity index is 857. The number of hydrogen-bond donors (Lipinski definition) is 1. The van der Waals surface area contributed by atoms with E-state index in [1.54, 1.807) is 12.5 Å². The first kappa shape index (κ1) is 22.7. The van der Waals surface area contributed by atoms with Gasteiger partial charge in [-0.15, -0.1) is 0 Å². The van der Waals surface area contributed by atoms with E-state index in [0.717, 1.165) is 25.1 Å². The number of alkyl carbamates (subject to hydrolysis) is 1. The van der Waals surface area contributed by atoms with Crippen molar-refractivity contribution >= 4 is 11.8 Å². The molecule has 1 aromatic carbocycles. The molecule has 2 aromatic rings. The van der Waals surface area contributed by atoms with Crippen molar-refractivity contribution in [3.63, 3.8) is 0 Å². The third-order valence-corrected chi connectivity index (χ3v) is 6.68.